The predicted molar refractivity (Wildman–Crippen MR) is 81.1 cm³/mol. The van der Waals surface area contributed by atoms with Crippen molar-refractivity contribution >= 4 is 27.5 Å². The zero-order valence-corrected chi connectivity index (χ0v) is 12.8. The largest absolute Gasteiger partial charge is 0.313 e. The van der Waals surface area contributed by atoms with Crippen LogP contribution in [0.1, 0.15) is 17.2 Å². The van der Waals surface area contributed by atoms with Gasteiger partial charge in [0.05, 0.1) is 0 Å². The monoisotopic (exact) mass is 341 g/mol. The normalized spacial score (nSPS) is 12.4. The molecule has 0 saturated heterocycles. The maximum Gasteiger partial charge on any atom is 0.123 e. The fourth-order valence-electron chi connectivity index (χ4n) is 2.01. The fourth-order valence-corrected chi connectivity index (χ4v) is 2.81. The van der Waals surface area contributed by atoms with Gasteiger partial charge in [0.15, 0.2) is 0 Å². The van der Waals surface area contributed by atoms with Crippen molar-refractivity contribution in [2.24, 2.45) is 0 Å². The minimum Gasteiger partial charge on any atom is -0.313 e. The molecule has 2 aromatic rings. The Kier molecular flexibility index (Phi) is 4.97. The first-order valence-electron chi connectivity index (χ1n) is 5.97. The highest BCUT2D eigenvalue weighted by atomic mass is 79.9. The van der Waals surface area contributed by atoms with Crippen molar-refractivity contribution in [1.29, 1.82) is 0 Å². The molecule has 0 saturated carbocycles. The van der Waals surface area contributed by atoms with Crippen LogP contribution in [0.4, 0.5) is 4.39 Å². The highest BCUT2D eigenvalue weighted by molar-refractivity contribution is 9.10. The number of nitrogens with one attached hydrogen (secondary N) is 1. The van der Waals surface area contributed by atoms with Crippen molar-refractivity contribution in [3.63, 3.8) is 0 Å². The van der Waals surface area contributed by atoms with Gasteiger partial charge >= 0.3 is 0 Å². The first-order valence-corrected chi connectivity index (χ1v) is 7.14. The maximum atomic E-state index is 12.9. The highest BCUT2D eigenvalue weighted by Gasteiger charge is 2.13. The summed E-state index contributed by atoms with van der Waals surface area (Å²) in [6.45, 7) is 0. The Balaban J connectivity index is 2.22. The van der Waals surface area contributed by atoms with Crippen LogP contribution < -0.4 is 5.32 Å². The summed E-state index contributed by atoms with van der Waals surface area (Å²) >= 11 is 9.66. The molecule has 4 heteroatoms. The van der Waals surface area contributed by atoms with Crippen molar-refractivity contribution in [3.8, 4) is 0 Å². The van der Waals surface area contributed by atoms with E-state index in [0.29, 0.717) is 0 Å². The number of hydrogen-bond acceptors (Lipinski definition) is 1. The Hall–Kier alpha value is -0.900. The van der Waals surface area contributed by atoms with Gasteiger partial charge in [0.25, 0.3) is 0 Å². The summed E-state index contributed by atoms with van der Waals surface area (Å²) in [7, 11) is 1.90. The molecule has 1 nitrogen and oxygen atoms in total. The van der Waals surface area contributed by atoms with Gasteiger partial charge < -0.3 is 5.32 Å². The molecule has 0 aromatic heterocycles. The van der Waals surface area contributed by atoms with Crippen LogP contribution in [0.3, 0.4) is 0 Å². The molecule has 2 aromatic carbocycles. The van der Waals surface area contributed by atoms with Crippen molar-refractivity contribution in [3.05, 3.63) is 68.9 Å². The lowest BCUT2D eigenvalue weighted by molar-refractivity contribution is 0.589. The van der Waals surface area contributed by atoms with Crippen LogP contribution in [0.15, 0.2) is 46.9 Å². The van der Waals surface area contributed by atoms with E-state index in [1.165, 1.54) is 12.1 Å². The summed E-state index contributed by atoms with van der Waals surface area (Å²) in [6.07, 6.45) is 0.762. The van der Waals surface area contributed by atoms with Crippen LogP contribution in [0.5, 0.6) is 0 Å². The summed E-state index contributed by atoms with van der Waals surface area (Å²) in [5.41, 5.74) is 2.11. The van der Waals surface area contributed by atoms with E-state index >= 15 is 0 Å². The van der Waals surface area contributed by atoms with E-state index in [-0.39, 0.29) is 11.9 Å². The molecule has 0 heterocycles. The minimum atomic E-state index is -0.216. The highest BCUT2D eigenvalue weighted by Crippen LogP contribution is 2.28. The zero-order valence-electron chi connectivity index (χ0n) is 10.5. The molecule has 1 unspecified atom stereocenters. The Labute approximate surface area is 125 Å². The first kappa shape index (κ1) is 14.5. The third-order valence-corrected chi connectivity index (χ3v) is 3.86. The molecule has 0 aliphatic carbocycles. The van der Waals surface area contributed by atoms with E-state index < -0.39 is 0 Å². The molecule has 0 fully saturated rings. The topological polar surface area (TPSA) is 12.0 Å². The van der Waals surface area contributed by atoms with Gasteiger partial charge in [-0.2, -0.15) is 0 Å². The lowest BCUT2D eigenvalue weighted by atomic mass is 9.99. The average Bonchev–Trinajstić information content (AvgIpc) is 2.39. The van der Waals surface area contributed by atoms with Crippen molar-refractivity contribution in [2.45, 2.75) is 12.5 Å². The average molecular weight is 343 g/mol. The van der Waals surface area contributed by atoms with Crippen LogP contribution in [0.2, 0.25) is 5.02 Å². The van der Waals surface area contributed by atoms with Gasteiger partial charge in [0.2, 0.25) is 0 Å². The molecule has 2 rings (SSSR count). The van der Waals surface area contributed by atoms with E-state index in [4.69, 9.17) is 11.6 Å². The second kappa shape index (κ2) is 6.51. The third-order valence-electron chi connectivity index (χ3n) is 3.04. The minimum absolute atomic E-state index is 0.103. The lowest BCUT2D eigenvalue weighted by Crippen LogP contribution is -2.19. The molecule has 19 heavy (non-hydrogen) atoms. The quantitative estimate of drug-likeness (QED) is 0.846. The number of hydrogen-bond donors (Lipinski definition) is 1. The van der Waals surface area contributed by atoms with Gasteiger partial charge in [-0.05, 0) is 48.9 Å². The van der Waals surface area contributed by atoms with Gasteiger partial charge in [0, 0.05) is 15.5 Å². The van der Waals surface area contributed by atoms with E-state index in [9.17, 15) is 4.39 Å². The summed E-state index contributed by atoms with van der Waals surface area (Å²) in [5, 5.41) is 3.97. The first-order chi connectivity index (χ1) is 9.10. The maximum absolute atomic E-state index is 12.9. The number of rotatable bonds is 4. The van der Waals surface area contributed by atoms with Gasteiger partial charge in [-0.3, -0.25) is 0 Å². The van der Waals surface area contributed by atoms with Crippen LogP contribution in [0, 0.1) is 5.82 Å². The molecule has 0 radical (unpaired) electrons. The van der Waals surface area contributed by atoms with E-state index in [2.05, 4.69) is 21.2 Å². The molecule has 1 atom stereocenters. The summed E-state index contributed by atoms with van der Waals surface area (Å²) in [4.78, 5) is 0. The Morgan fingerprint density at radius 2 is 1.89 bits per heavy atom. The van der Waals surface area contributed by atoms with Gasteiger partial charge in [-0.1, -0.05) is 45.7 Å². The molecular formula is C15H14BrClFN. The Bertz CT molecular complexity index is 557. The van der Waals surface area contributed by atoms with Crippen LogP contribution in [-0.4, -0.2) is 7.05 Å². The van der Waals surface area contributed by atoms with E-state index in [0.717, 1.165) is 27.0 Å². The summed E-state index contributed by atoms with van der Waals surface area (Å²) in [6, 6.07) is 12.5. The molecule has 0 aliphatic heterocycles. The number of likely N-dealkylation sites (N-methyl/N-ethyl adjacent to an activating group) is 1. The van der Waals surface area contributed by atoms with Crippen molar-refractivity contribution in [1.82, 2.24) is 5.32 Å². The number of halogens is 3. The van der Waals surface area contributed by atoms with E-state index in [1.807, 2.05) is 25.2 Å². The fraction of sp³-hybridized carbons (Fsp3) is 0.200. The second-order valence-corrected chi connectivity index (χ2v) is 5.66. The third kappa shape index (κ3) is 3.78. The van der Waals surface area contributed by atoms with Gasteiger partial charge in [-0.25, -0.2) is 4.39 Å². The molecule has 0 amide bonds. The molecule has 0 bridgehead atoms. The van der Waals surface area contributed by atoms with Crippen molar-refractivity contribution in [2.75, 3.05) is 7.05 Å². The Morgan fingerprint density at radius 3 is 2.47 bits per heavy atom. The Morgan fingerprint density at radius 1 is 1.21 bits per heavy atom. The van der Waals surface area contributed by atoms with Crippen LogP contribution in [-0.2, 0) is 6.42 Å². The van der Waals surface area contributed by atoms with Gasteiger partial charge in [-0.15, -0.1) is 0 Å². The van der Waals surface area contributed by atoms with Gasteiger partial charge in [0.1, 0.15) is 5.82 Å². The molecule has 1 N–H and O–H groups in total. The smallest absolute Gasteiger partial charge is 0.123 e. The summed E-state index contributed by atoms with van der Waals surface area (Å²) in [5.74, 6) is -0.216. The standard InChI is InChI=1S/C15H14BrClFN/c1-19-15(8-10-2-5-12(18)6-3-10)13-7-4-11(16)9-14(13)17/h2-7,9,15,19H,8H2,1H3. The van der Waals surface area contributed by atoms with E-state index in [1.54, 1.807) is 12.1 Å². The molecule has 100 valence electrons. The SMILES string of the molecule is CNC(Cc1ccc(F)cc1)c1ccc(Br)cc1Cl. The van der Waals surface area contributed by atoms with Crippen molar-refractivity contribution < 1.29 is 4.39 Å². The lowest BCUT2D eigenvalue weighted by Gasteiger charge is -2.18. The van der Waals surface area contributed by atoms with Crippen LogP contribution in [0.25, 0.3) is 0 Å². The molecule has 0 aliphatic rings. The number of benzene rings is 2. The summed E-state index contributed by atoms with van der Waals surface area (Å²) < 4.78 is 13.9. The second-order valence-electron chi connectivity index (χ2n) is 4.34. The molecule has 0 spiro atoms. The predicted octanol–water partition coefficient (Wildman–Crippen LogP) is 4.74. The molecular weight excluding hydrogens is 329 g/mol. The van der Waals surface area contributed by atoms with Crippen LogP contribution >= 0.6 is 27.5 Å². The zero-order chi connectivity index (χ0) is 13.8.